The summed E-state index contributed by atoms with van der Waals surface area (Å²) < 4.78 is -0.0648. The van der Waals surface area contributed by atoms with Gasteiger partial charge in [0.05, 0.1) is 12.6 Å². The Morgan fingerprint density at radius 3 is 2.48 bits per heavy atom. The molecule has 3 rings (SSSR count). The molecule has 33 heavy (non-hydrogen) atoms. The first-order chi connectivity index (χ1) is 15.6. The third-order valence-corrected chi connectivity index (χ3v) is 6.43. The lowest BCUT2D eigenvalue weighted by Crippen LogP contribution is -2.32. The van der Waals surface area contributed by atoms with E-state index in [1.807, 2.05) is 24.3 Å². The molecule has 0 amide bonds. The number of allylic oxidation sites excluding steroid dienone is 1. The largest absolute Gasteiger partial charge is 0.306 e. The van der Waals surface area contributed by atoms with Crippen LogP contribution < -0.4 is 10.6 Å². The van der Waals surface area contributed by atoms with Crippen LogP contribution in [0.3, 0.4) is 0 Å². The number of hydrogen-bond donors (Lipinski definition) is 2. The van der Waals surface area contributed by atoms with E-state index in [2.05, 4.69) is 109 Å². The molecule has 1 aromatic carbocycles. The van der Waals surface area contributed by atoms with Crippen LogP contribution in [0.5, 0.6) is 0 Å². The standard InChI is InChI=1S/C22H32BrN3.C6H9N/c1-16-11-17(2)21(13-18(3)22(4,5)23)19(12-16)15-26(6)25-14-20-9-7-8-10-24-20;1-2-6-4-3-5-7-6/h7,9,11-12,14,20,24H,3,8,10,13,15H2,1-2,4-6H3;2-4,6-7H,1,5H2/b25-14+;. The summed E-state index contributed by atoms with van der Waals surface area (Å²) >= 11 is 3.74. The monoisotopic (exact) mass is 512 g/mol. The molecule has 0 saturated carbocycles. The predicted molar refractivity (Wildman–Crippen MR) is 148 cm³/mol. The smallest absolute Gasteiger partial charge is 0.0628 e. The van der Waals surface area contributed by atoms with Crippen LogP contribution in [-0.2, 0) is 13.0 Å². The van der Waals surface area contributed by atoms with Gasteiger partial charge in [-0.15, -0.1) is 6.58 Å². The van der Waals surface area contributed by atoms with E-state index in [1.54, 1.807) is 0 Å². The van der Waals surface area contributed by atoms with E-state index in [0.717, 1.165) is 32.5 Å². The first kappa shape index (κ1) is 27.3. The highest BCUT2D eigenvalue weighted by molar-refractivity contribution is 9.10. The van der Waals surface area contributed by atoms with E-state index < -0.39 is 0 Å². The molecule has 0 aromatic heterocycles. The zero-order valence-electron chi connectivity index (χ0n) is 21.0. The van der Waals surface area contributed by atoms with Gasteiger partial charge in [-0.3, -0.25) is 5.01 Å². The van der Waals surface area contributed by atoms with Crippen LogP contribution in [0.1, 0.15) is 42.5 Å². The number of alkyl halides is 1. The average Bonchev–Trinajstić information content (AvgIpc) is 3.29. The lowest BCUT2D eigenvalue weighted by atomic mass is 9.90. The molecule has 2 N–H and O–H groups in total. The molecule has 2 heterocycles. The van der Waals surface area contributed by atoms with Gasteiger partial charge >= 0.3 is 0 Å². The fraction of sp³-hybridized carbons (Fsp3) is 0.464. The van der Waals surface area contributed by atoms with Crippen molar-refractivity contribution in [1.29, 1.82) is 0 Å². The molecule has 0 fully saturated rings. The maximum absolute atomic E-state index is 4.63. The number of nitrogens with one attached hydrogen (secondary N) is 2. The first-order valence-corrected chi connectivity index (χ1v) is 12.5. The molecular weight excluding hydrogens is 472 g/mol. The van der Waals surface area contributed by atoms with E-state index >= 15 is 0 Å². The van der Waals surface area contributed by atoms with Crippen molar-refractivity contribution >= 4 is 22.1 Å². The van der Waals surface area contributed by atoms with Gasteiger partial charge in [0.1, 0.15) is 0 Å². The Kier molecular flexibility index (Phi) is 10.8. The summed E-state index contributed by atoms with van der Waals surface area (Å²) in [7, 11) is 2.04. The van der Waals surface area contributed by atoms with Crippen LogP contribution in [-0.4, -0.2) is 47.8 Å². The number of nitrogens with zero attached hydrogens (tertiary/aromatic N) is 2. The Bertz CT molecular complexity index is 892. The molecule has 0 radical (unpaired) electrons. The number of halogens is 1. The van der Waals surface area contributed by atoms with Crippen molar-refractivity contribution in [2.75, 3.05) is 20.1 Å². The topological polar surface area (TPSA) is 39.7 Å². The first-order valence-electron chi connectivity index (χ1n) is 11.7. The Labute approximate surface area is 209 Å². The maximum atomic E-state index is 4.63. The van der Waals surface area contributed by atoms with Crippen LogP contribution in [0.4, 0.5) is 0 Å². The van der Waals surface area contributed by atoms with Crippen molar-refractivity contribution in [1.82, 2.24) is 15.6 Å². The third kappa shape index (κ3) is 9.44. The lowest BCUT2D eigenvalue weighted by Gasteiger charge is -2.24. The number of benzene rings is 1. The van der Waals surface area contributed by atoms with Gasteiger partial charge < -0.3 is 10.6 Å². The highest BCUT2D eigenvalue weighted by Gasteiger charge is 2.20. The molecule has 2 atom stereocenters. The Balaban J connectivity index is 0.000000468. The van der Waals surface area contributed by atoms with Crippen molar-refractivity contribution in [2.45, 2.75) is 63.5 Å². The second-order valence-electron chi connectivity index (χ2n) is 9.35. The molecular formula is C28H41BrN4. The molecule has 0 spiro atoms. The van der Waals surface area contributed by atoms with Crippen molar-refractivity contribution in [3.05, 3.63) is 83.5 Å². The summed E-state index contributed by atoms with van der Waals surface area (Å²) in [4.78, 5) is 0. The molecule has 180 valence electrons. The quantitative estimate of drug-likeness (QED) is 0.205. The van der Waals surface area contributed by atoms with Gasteiger partial charge in [0.25, 0.3) is 0 Å². The van der Waals surface area contributed by atoms with Gasteiger partial charge in [0, 0.05) is 30.2 Å². The van der Waals surface area contributed by atoms with Gasteiger partial charge in [0.2, 0.25) is 0 Å². The predicted octanol–water partition coefficient (Wildman–Crippen LogP) is 5.61. The molecule has 4 nitrogen and oxygen atoms in total. The number of hydrogen-bond acceptors (Lipinski definition) is 4. The van der Waals surface area contributed by atoms with Crippen molar-refractivity contribution < 1.29 is 0 Å². The minimum atomic E-state index is -0.0648. The minimum Gasteiger partial charge on any atom is -0.306 e. The maximum Gasteiger partial charge on any atom is 0.0628 e. The van der Waals surface area contributed by atoms with E-state index in [1.165, 1.54) is 27.8 Å². The SMILES string of the molecule is C=C(Cc1c(C)cc(C)cc1CN(C)/N=C/C1C=CCCN1)C(C)(C)Br.C=CC1C=CCN1. The summed E-state index contributed by atoms with van der Waals surface area (Å²) in [5.41, 5.74) is 6.50. The molecule has 0 aliphatic carbocycles. The summed E-state index contributed by atoms with van der Waals surface area (Å²) in [6, 6.07) is 5.20. The number of aryl methyl sites for hydroxylation is 2. The number of rotatable bonds is 8. The molecule has 2 aliphatic rings. The second kappa shape index (κ2) is 13.1. The van der Waals surface area contributed by atoms with E-state index in [9.17, 15) is 0 Å². The Morgan fingerprint density at radius 1 is 1.21 bits per heavy atom. The van der Waals surface area contributed by atoms with Crippen LogP contribution in [0, 0.1) is 13.8 Å². The van der Waals surface area contributed by atoms with Gasteiger partial charge in [0.15, 0.2) is 0 Å². The lowest BCUT2D eigenvalue weighted by molar-refractivity contribution is 0.346. The molecule has 5 heteroatoms. The molecule has 1 aromatic rings. The summed E-state index contributed by atoms with van der Waals surface area (Å²) in [5.74, 6) is 0. The summed E-state index contributed by atoms with van der Waals surface area (Å²) in [6.07, 6.45) is 14.4. The van der Waals surface area contributed by atoms with Gasteiger partial charge in [-0.05, 0) is 63.8 Å². The van der Waals surface area contributed by atoms with Crippen LogP contribution in [0.15, 0.2) is 66.3 Å². The fourth-order valence-electron chi connectivity index (χ4n) is 3.77. The normalized spacial score (nSPS) is 19.9. The zero-order valence-corrected chi connectivity index (χ0v) is 22.6. The summed E-state index contributed by atoms with van der Waals surface area (Å²) in [6.45, 7) is 19.4. The van der Waals surface area contributed by atoms with E-state index in [4.69, 9.17) is 0 Å². The van der Waals surface area contributed by atoms with Gasteiger partial charge in [-0.1, -0.05) is 76.2 Å². The van der Waals surface area contributed by atoms with E-state index in [0.29, 0.717) is 6.04 Å². The highest BCUT2D eigenvalue weighted by Crippen LogP contribution is 2.30. The Hall–Kier alpha value is -1.95. The van der Waals surface area contributed by atoms with Crippen molar-refractivity contribution in [2.24, 2.45) is 5.10 Å². The zero-order chi connectivity index (χ0) is 24.4. The molecule has 2 aliphatic heterocycles. The van der Waals surface area contributed by atoms with E-state index in [-0.39, 0.29) is 10.4 Å². The molecule has 2 unspecified atom stereocenters. The van der Waals surface area contributed by atoms with Gasteiger partial charge in [-0.25, -0.2) is 0 Å². The van der Waals surface area contributed by atoms with Crippen LogP contribution in [0.2, 0.25) is 0 Å². The minimum absolute atomic E-state index is 0.0648. The van der Waals surface area contributed by atoms with Crippen LogP contribution >= 0.6 is 15.9 Å². The number of hydrazone groups is 1. The average molecular weight is 514 g/mol. The Morgan fingerprint density at radius 2 is 1.94 bits per heavy atom. The van der Waals surface area contributed by atoms with Crippen molar-refractivity contribution in [3.8, 4) is 0 Å². The van der Waals surface area contributed by atoms with Crippen LogP contribution in [0.25, 0.3) is 0 Å². The van der Waals surface area contributed by atoms with Gasteiger partial charge in [-0.2, -0.15) is 5.10 Å². The summed E-state index contributed by atoms with van der Waals surface area (Å²) in [5, 5.41) is 13.3. The van der Waals surface area contributed by atoms with Crippen molar-refractivity contribution in [3.63, 3.8) is 0 Å². The fourth-order valence-corrected chi connectivity index (χ4v) is 3.91. The highest BCUT2D eigenvalue weighted by atomic mass is 79.9. The molecule has 0 saturated heterocycles. The second-order valence-corrected chi connectivity index (χ2v) is 11.3. The molecule has 0 bridgehead atoms. The third-order valence-electron chi connectivity index (χ3n) is 5.87.